The van der Waals surface area contributed by atoms with Crippen LogP contribution < -0.4 is 10.1 Å². The third-order valence-electron chi connectivity index (χ3n) is 3.00. The normalized spacial score (nSPS) is 11.4. The maximum Gasteiger partial charge on any atom is 0.198 e. The van der Waals surface area contributed by atoms with Gasteiger partial charge >= 0.3 is 0 Å². The van der Waals surface area contributed by atoms with Gasteiger partial charge in [0.25, 0.3) is 0 Å². The Labute approximate surface area is 106 Å². The Balaban J connectivity index is 3.05. The summed E-state index contributed by atoms with van der Waals surface area (Å²) in [5.41, 5.74) is -0.412. The number of aliphatic hydroxyl groups is 1. The fourth-order valence-electron chi connectivity index (χ4n) is 1.56. The zero-order valence-electron chi connectivity index (χ0n) is 10.3. The molecule has 0 aliphatic carbocycles. The Morgan fingerprint density at radius 1 is 1.41 bits per heavy atom. The Kier molecular flexibility index (Phi) is 4.96. The Bertz CT molecular complexity index is 361. The first kappa shape index (κ1) is 14.0. The number of methoxy groups -OCH3 is 1. The summed E-state index contributed by atoms with van der Waals surface area (Å²) in [6.07, 6.45) is 2.90. The molecule has 0 saturated heterocycles. The molecule has 1 rings (SSSR count). The van der Waals surface area contributed by atoms with E-state index in [-0.39, 0.29) is 11.8 Å². The van der Waals surface area contributed by atoms with Crippen LogP contribution in [0.4, 0.5) is 5.82 Å². The van der Waals surface area contributed by atoms with Crippen LogP contribution in [0.25, 0.3) is 0 Å². The zero-order chi connectivity index (χ0) is 12.9. The quantitative estimate of drug-likeness (QED) is 0.766. The molecule has 0 amide bonds. The molecule has 5 nitrogen and oxygen atoms in total. The van der Waals surface area contributed by atoms with Crippen molar-refractivity contribution in [2.45, 2.75) is 32.2 Å². The largest absolute Gasteiger partial charge is 0.490 e. The van der Waals surface area contributed by atoms with Gasteiger partial charge in [0, 0.05) is 0 Å². The monoisotopic (exact) mass is 259 g/mol. The van der Waals surface area contributed by atoms with Crippen molar-refractivity contribution in [2.75, 3.05) is 19.0 Å². The summed E-state index contributed by atoms with van der Waals surface area (Å²) in [6, 6.07) is 0. The molecular weight excluding hydrogens is 242 g/mol. The van der Waals surface area contributed by atoms with Crippen LogP contribution in [0.15, 0.2) is 6.33 Å². The summed E-state index contributed by atoms with van der Waals surface area (Å²) in [6.45, 7) is 4.02. The molecule has 1 heterocycles. The first-order valence-corrected chi connectivity index (χ1v) is 5.93. The minimum absolute atomic E-state index is 0.0186. The zero-order valence-corrected chi connectivity index (χ0v) is 11.1. The topological polar surface area (TPSA) is 67.3 Å². The predicted octanol–water partition coefficient (Wildman–Crippen LogP) is 2.10. The van der Waals surface area contributed by atoms with Crippen molar-refractivity contribution in [1.29, 1.82) is 0 Å². The predicted molar refractivity (Wildman–Crippen MR) is 67.6 cm³/mol. The van der Waals surface area contributed by atoms with E-state index in [1.165, 1.54) is 13.4 Å². The van der Waals surface area contributed by atoms with Crippen molar-refractivity contribution in [1.82, 2.24) is 9.97 Å². The van der Waals surface area contributed by atoms with Crippen molar-refractivity contribution >= 4 is 17.4 Å². The van der Waals surface area contributed by atoms with Crippen LogP contribution in [0.2, 0.25) is 5.15 Å². The van der Waals surface area contributed by atoms with Crippen LogP contribution >= 0.6 is 11.6 Å². The molecule has 0 radical (unpaired) electrons. The summed E-state index contributed by atoms with van der Waals surface area (Å²) in [4.78, 5) is 7.94. The van der Waals surface area contributed by atoms with Gasteiger partial charge in [0.05, 0.1) is 19.3 Å². The van der Waals surface area contributed by atoms with E-state index < -0.39 is 5.54 Å². The SMILES string of the molecule is CCC(CC)(CO)Nc1ncnc(Cl)c1OC. The first-order valence-electron chi connectivity index (χ1n) is 5.56. The van der Waals surface area contributed by atoms with E-state index in [9.17, 15) is 5.11 Å². The highest BCUT2D eigenvalue weighted by atomic mass is 35.5. The fraction of sp³-hybridized carbons (Fsp3) is 0.636. The van der Waals surface area contributed by atoms with Gasteiger partial charge in [-0.1, -0.05) is 25.4 Å². The number of aliphatic hydroxyl groups excluding tert-OH is 1. The molecule has 0 aliphatic heterocycles. The van der Waals surface area contributed by atoms with Crippen LogP contribution in [0.5, 0.6) is 5.75 Å². The summed E-state index contributed by atoms with van der Waals surface area (Å²) >= 11 is 5.91. The number of hydrogen-bond donors (Lipinski definition) is 2. The second-order valence-corrected chi connectivity index (χ2v) is 4.17. The first-order chi connectivity index (χ1) is 8.12. The summed E-state index contributed by atoms with van der Waals surface area (Å²) in [5.74, 6) is 0.902. The number of hydrogen-bond acceptors (Lipinski definition) is 5. The molecule has 6 heteroatoms. The lowest BCUT2D eigenvalue weighted by molar-refractivity contribution is 0.201. The van der Waals surface area contributed by atoms with E-state index in [4.69, 9.17) is 16.3 Å². The number of ether oxygens (including phenoxy) is 1. The standard InChI is InChI=1S/C11H18ClN3O2/c1-4-11(5-2,6-16)15-10-8(17-3)9(12)13-7-14-10/h7,16H,4-6H2,1-3H3,(H,13,14,15). The lowest BCUT2D eigenvalue weighted by Crippen LogP contribution is -2.41. The maximum absolute atomic E-state index is 9.49. The molecule has 2 N–H and O–H groups in total. The average molecular weight is 260 g/mol. The van der Waals surface area contributed by atoms with Gasteiger partial charge in [-0.3, -0.25) is 0 Å². The molecule has 96 valence electrons. The van der Waals surface area contributed by atoms with Gasteiger partial charge in [0.15, 0.2) is 16.7 Å². The molecular formula is C11H18ClN3O2. The average Bonchev–Trinajstić information content (AvgIpc) is 2.36. The van der Waals surface area contributed by atoms with Crippen molar-refractivity contribution in [2.24, 2.45) is 0 Å². The minimum Gasteiger partial charge on any atom is -0.490 e. The Morgan fingerprint density at radius 2 is 2.06 bits per heavy atom. The molecule has 0 atom stereocenters. The van der Waals surface area contributed by atoms with Crippen LogP contribution in [-0.2, 0) is 0 Å². The fourth-order valence-corrected chi connectivity index (χ4v) is 1.77. The summed E-state index contributed by atoms with van der Waals surface area (Å²) in [7, 11) is 1.51. The van der Waals surface area contributed by atoms with Crippen LogP contribution in [0, 0.1) is 0 Å². The number of halogens is 1. The lowest BCUT2D eigenvalue weighted by atomic mass is 9.94. The maximum atomic E-state index is 9.49. The van der Waals surface area contributed by atoms with E-state index in [0.717, 1.165) is 12.8 Å². The van der Waals surface area contributed by atoms with Gasteiger partial charge in [-0.25, -0.2) is 9.97 Å². The number of rotatable bonds is 6. The van der Waals surface area contributed by atoms with E-state index >= 15 is 0 Å². The van der Waals surface area contributed by atoms with Crippen molar-refractivity contribution < 1.29 is 9.84 Å². The lowest BCUT2D eigenvalue weighted by Gasteiger charge is -2.31. The molecule has 1 aromatic rings. The summed E-state index contributed by atoms with van der Waals surface area (Å²) in [5, 5.41) is 12.9. The number of nitrogens with zero attached hydrogens (tertiary/aromatic N) is 2. The molecule has 0 saturated carbocycles. The van der Waals surface area contributed by atoms with E-state index in [1.807, 2.05) is 13.8 Å². The smallest absolute Gasteiger partial charge is 0.198 e. The van der Waals surface area contributed by atoms with E-state index in [0.29, 0.717) is 11.6 Å². The van der Waals surface area contributed by atoms with Crippen LogP contribution in [0.1, 0.15) is 26.7 Å². The van der Waals surface area contributed by atoms with Crippen LogP contribution in [-0.4, -0.2) is 34.3 Å². The molecule has 0 bridgehead atoms. The molecule has 0 spiro atoms. The number of nitrogens with one attached hydrogen (secondary N) is 1. The second kappa shape index (κ2) is 6.02. The molecule has 0 aliphatic rings. The second-order valence-electron chi connectivity index (χ2n) is 3.82. The molecule has 1 aromatic heterocycles. The Hall–Kier alpha value is -1.07. The van der Waals surface area contributed by atoms with Gasteiger partial charge in [-0.2, -0.15) is 0 Å². The third kappa shape index (κ3) is 2.98. The van der Waals surface area contributed by atoms with E-state index in [2.05, 4.69) is 15.3 Å². The van der Waals surface area contributed by atoms with Crippen LogP contribution in [0.3, 0.4) is 0 Å². The molecule has 0 unspecified atom stereocenters. The number of anilines is 1. The van der Waals surface area contributed by atoms with Crippen molar-refractivity contribution in [3.05, 3.63) is 11.5 Å². The van der Waals surface area contributed by atoms with Gasteiger partial charge in [0.1, 0.15) is 6.33 Å². The van der Waals surface area contributed by atoms with Gasteiger partial charge in [-0.05, 0) is 12.8 Å². The van der Waals surface area contributed by atoms with Crippen molar-refractivity contribution in [3.8, 4) is 5.75 Å². The summed E-state index contributed by atoms with van der Waals surface area (Å²) < 4.78 is 5.15. The van der Waals surface area contributed by atoms with Gasteiger partial charge in [-0.15, -0.1) is 0 Å². The molecule has 0 aromatic carbocycles. The van der Waals surface area contributed by atoms with Gasteiger partial charge in [0.2, 0.25) is 0 Å². The van der Waals surface area contributed by atoms with Gasteiger partial charge < -0.3 is 15.2 Å². The molecule has 17 heavy (non-hydrogen) atoms. The number of aromatic nitrogens is 2. The highest BCUT2D eigenvalue weighted by Crippen LogP contribution is 2.31. The highest BCUT2D eigenvalue weighted by molar-refractivity contribution is 6.31. The van der Waals surface area contributed by atoms with E-state index in [1.54, 1.807) is 0 Å². The van der Waals surface area contributed by atoms with Crippen molar-refractivity contribution in [3.63, 3.8) is 0 Å². The Morgan fingerprint density at radius 3 is 2.53 bits per heavy atom. The highest BCUT2D eigenvalue weighted by Gasteiger charge is 2.27. The molecule has 0 fully saturated rings. The third-order valence-corrected chi connectivity index (χ3v) is 3.27. The minimum atomic E-state index is -0.412.